The molecule has 0 unspecified atom stereocenters. The minimum absolute atomic E-state index is 0. The summed E-state index contributed by atoms with van der Waals surface area (Å²) in [5.41, 5.74) is 2.05. The van der Waals surface area contributed by atoms with E-state index >= 15 is 0 Å². The number of allylic oxidation sites excluding steroid dienone is 3. The number of carbonyl (C=O) groups excluding carboxylic acids is 1. The number of ketones is 1. The summed E-state index contributed by atoms with van der Waals surface area (Å²) in [4.78, 5) is 13.6. The van der Waals surface area contributed by atoms with Crippen LogP contribution in [-0.4, -0.2) is 28.9 Å². The van der Waals surface area contributed by atoms with Crippen LogP contribution in [0.15, 0.2) is 35.3 Å². The van der Waals surface area contributed by atoms with Gasteiger partial charge in [0.25, 0.3) is 0 Å². The third kappa shape index (κ3) is 3.39. The Balaban J connectivity index is 0.00000162. The first-order valence-electron chi connectivity index (χ1n) is 6.32. The van der Waals surface area contributed by atoms with Crippen molar-refractivity contribution in [3.63, 3.8) is 0 Å². The number of rotatable bonds is 4. The molecule has 1 N–H and O–H groups in total. The van der Waals surface area contributed by atoms with Gasteiger partial charge in [-0.05, 0) is 36.1 Å². The number of nitrogens with zero attached hydrogens (tertiary/aromatic N) is 1. The van der Waals surface area contributed by atoms with E-state index in [2.05, 4.69) is 18.0 Å². The van der Waals surface area contributed by atoms with Crippen LogP contribution >= 0.6 is 12.4 Å². The molecule has 0 saturated heterocycles. The quantitative estimate of drug-likeness (QED) is 0.797. The van der Waals surface area contributed by atoms with E-state index in [1.54, 1.807) is 12.2 Å². The summed E-state index contributed by atoms with van der Waals surface area (Å²) in [6, 6.07) is 0. The van der Waals surface area contributed by atoms with Gasteiger partial charge in [-0.1, -0.05) is 19.8 Å². The fourth-order valence-corrected chi connectivity index (χ4v) is 2.23. The molecule has 1 aliphatic heterocycles. The van der Waals surface area contributed by atoms with E-state index in [0.717, 1.165) is 30.7 Å². The molecule has 1 aliphatic carbocycles. The Morgan fingerprint density at radius 1 is 1.33 bits per heavy atom. The van der Waals surface area contributed by atoms with Crippen LogP contribution in [0.1, 0.15) is 32.6 Å². The molecule has 0 radical (unpaired) electrons. The molecule has 0 bridgehead atoms. The molecule has 0 aromatic heterocycles. The highest BCUT2D eigenvalue weighted by molar-refractivity contribution is 6.05. The van der Waals surface area contributed by atoms with Gasteiger partial charge < -0.3 is 10.0 Å². The van der Waals surface area contributed by atoms with Gasteiger partial charge in [0.2, 0.25) is 5.78 Å². The lowest BCUT2D eigenvalue weighted by molar-refractivity contribution is -0.113. The second-order valence-electron chi connectivity index (χ2n) is 4.64. The maximum atomic E-state index is 11.3. The van der Waals surface area contributed by atoms with E-state index in [-0.39, 0.29) is 23.9 Å². The number of hydrogen-bond donors (Lipinski definition) is 1. The lowest BCUT2D eigenvalue weighted by Gasteiger charge is -2.28. The second-order valence-corrected chi connectivity index (χ2v) is 4.64. The summed E-state index contributed by atoms with van der Waals surface area (Å²) in [6.07, 6.45) is 9.79. The van der Waals surface area contributed by atoms with Crippen molar-refractivity contribution in [2.24, 2.45) is 0 Å². The van der Waals surface area contributed by atoms with Gasteiger partial charge in [-0.3, -0.25) is 4.79 Å². The summed E-state index contributed by atoms with van der Waals surface area (Å²) in [6.45, 7) is 4.23. The summed E-state index contributed by atoms with van der Waals surface area (Å²) >= 11 is 0. The van der Waals surface area contributed by atoms with Gasteiger partial charge in [-0.2, -0.15) is 0 Å². The molecule has 0 aromatic carbocycles. The van der Waals surface area contributed by atoms with Gasteiger partial charge in [0, 0.05) is 19.3 Å². The zero-order valence-electron chi connectivity index (χ0n) is 10.7. The van der Waals surface area contributed by atoms with Crippen LogP contribution in [0.4, 0.5) is 0 Å². The summed E-state index contributed by atoms with van der Waals surface area (Å²) < 4.78 is 0. The Bertz CT molecular complexity index is 410. The van der Waals surface area contributed by atoms with E-state index in [9.17, 15) is 9.90 Å². The van der Waals surface area contributed by atoms with E-state index < -0.39 is 0 Å². The minimum Gasteiger partial charge on any atom is -0.504 e. The third-order valence-corrected chi connectivity index (χ3v) is 3.26. The molecule has 3 nitrogen and oxygen atoms in total. The molecule has 18 heavy (non-hydrogen) atoms. The predicted molar refractivity (Wildman–Crippen MR) is 74.8 cm³/mol. The van der Waals surface area contributed by atoms with Crippen molar-refractivity contribution in [3.8, 4) is 0 Å². The summed E-state index contributed by atoms with van der Waals surface area (Å²) in [5.74, 6) is -0.410. The Hall–Kier alpha value is -1.22. The van der Waals surface area contributed by atoms with Crippen LogP contribution in [0.3, 0.4) is 0 Å². The van der Waals surface area contributed by atoms with E-state index in [1.165, 1.54) is 19.3 Å². The number of aliphatic hydroxyl groups excluding tert-OH is 1. The van der Waals surface area contributed by atoms with Crippen molar-refractivity contribution in [1.82, 2.24) is 4.90 Å². The van der Waals surface area contributed by atoms with Gasteiger partial charge in [-0.25, -0.2) is 0 Å². The van der Waals surface area contributed by atoms with Crippen LogP contribution in [-0.2, 0) is 4.79 Å². The molecule has 1 heterocycles. The second kappa shape index (κ2) is 6.64. The first-order valence-corrected chi connectivity index (χ1v) is 6.32. The predicted octanol–water partition coefficient (Wildman–Crippen LogP) is 3.14. The number of halogens is 1. The minimum atomic E-state index is -0.267. The molecule has 4 heteroatoms. The zero-order valence-corrected chi connectivity index (χ0v) is 11.5. The first kappa shape index (κ1) is 14.8. The van der Waals surface area contributed by atoms with E-state index in [0.29, 0.717) is 0 Å². The summed E-state index contributed by atoms with van der Waals surface area (Å²) in [7, 11) is 0. The van der Waals surface area contributed by atoms with Crippen molar-refractivity contribution in [2.45, 2.75) is 32.6 Å². The number of hydrogen-bond acceptors (Lipinski definition) is 3. The number of fused-ring (bicyclic) bond motifs is 1. The maximum Gasteiger partial charge on any atom is 0.220 e. The van der Waals surface area contributed by atoms with Crippen LogP contribution < -0.4 is 0 Å². The molecule has 0 amide bonds. The van der Waals surface area contributed by atoms with Gasteiger partial charge in [0.05, 0.1) is 0 Å². The third-order valence-electron chi connectivity index (χ3n) is 3.26. The number of unbranched alkanes of at least 4 members (excludes halogenated alkanes) is 2. The summed E-state index contributed by atoms with van der Waals surface area (Å²) in [5, 5.41) is 9.42. The molecule has 0 fully saturated rings. The monoisotopic (exact) mass is 269 g/mol. The standard InChI is InChI=1S/C14H19NO2.ClH/c1-2-3-4-6-15-7-5-11-8-13(16)14(17)9-12(11)10-15;/h8-10,17H,2-7H2,1H3;1H. The van der Waals surface area contributed by atoms with E-state index in [4.69, 9.17) is 0 Å². The maximum absolute atomic E-state index is 11.3. The Kier molecular flexibility index (Phi) is 5.48. The molecule has 0 saturated carbocycles. The molecule has 2 aliphatic rings. The zero-order chi connectivity index (χ0) is 12.3. The molecule has 0 aromatic rings. The SMILES string of the molecule is CCCCCN1C=C2C=C(O)C(=O)C=C2CC1.Cl. The van der Waals surface area contributed by atoms with Gasteiger partial charge in [0.15, 0.2) is 5.76 Å². The Morgan fingerprint density at radius 2 is 2.11 bits per heavy atom. The fraction of sp³-hybridized carbons (Fsp3) is 0.500. The van der Waals surface area contributed by atoms with Crippen LogP contribution in [0, 0.1) is 0 Å². The van der Waals surface area contributed by atoms with Crippen molar-refractivity contribution >= 4 is 18.2 Å². The molecule has 2 rings (SSSR count). The Morgan fingerprint density at radius 3 is 2.83 bits per heavy atom. The van der Waals surface area contributed by atoms with Crippen molar-refractivity contribution in [3.05, 3.63) is 35.3 Å². The normalized spacial score (nSPS) is 18.4. The lowest BCUT2D eigenvalue weighted by Crippen LogP contribution is -2.26. The van der Waals surface area contributed by atoms with Gasteiger partial charge >= 0.3 is 0 Å². The average molecular weight is 270 g/mol. The largest absolute Gasteiger partial charge is 0.504 e. The van der Waals surface area contributed by atoms with Crippen molar-refractivity contribution in [2.75, 3.05) is 13.1 Å². The van der Waals surface area contributed by atoms with Gasteiger partial charge in [0.1, 0.15) is 0 Å². The van der Waals surface area contributed by atoms with Crippen LogP contribution in [0.2, 0.25) is 0 Å². The van der Waals surface area contributed by atoms with Crippen molar-refractivity contribution < 1.29 is 9.90 Å². The van der Waals surface area contributed by atoms with Crippen LogP contribution in [0.5, 0.6) is 0 Å². The lowest BCUT2D eigenvalue weighted by atomic mass is 9.93. The van der Waals surface area contributed by atoms with Crippen molar-refractivity contribution in [1.29, 1.82) is 0 Å². The highest BCUT2D eigenvalue weighted by Gasteiger charge is 2.20. The number of carbonyl (C=O) groups is 1. The highest BCUT2D eigenvalue weighted by Crippen LogP contribution is 2.27. The average Bonchev–Trinajstić information content (AvgIpc) is 2.31. The molecular formula is C14H20ClNO2. The van der Waals surface area contributed by atoms with E-state index in [1.807, 2.05) is 0 Å². The van der Waals surface area contributed by atoms with Crippen LogP contribution in [0.25, 0.3) is 0 Å². The fourth-order valence-electron chi connectivity index (χ4n) is 2.23. The number of aliphatic hydroxyl groups is 1. The molecular weight excluding hydrogens is 250 g/mol. The molecule has 0 spiro atoms. The molecule has 100 valence electrons. The van der Waals surface area contributed by atoms with Gasteiger partial charge in [-0.15, -0.1) is 12.4 Å². The smallest absolute Gasteiger partial charge is 0.220 e. The Labute approximate surface area is 114 Å². The molecule has 0 atom stereocenters. The topological polar surface area (TPSA) is 40.5 Å². The first-order chi connectivity index (χ1) is 8.20. The highest BCUT2D eigenvalue weighted by atomic mass is 35.5.